The summed E-state index contributed by atoms with van der Waals surface area (Å²) in [5, 5.41) is 12.9. The summed E-state index contributed by atoms with van der Waals surface area (Å²) in [5.41, 5.74) is 0.893. The second-order valence-electron chi connectivity index (χ2n) is 4.58. The van der Waals surface area contributed by atoms with Gasteiger partial charge in [0.15, 0.2) is 6.61 Å². The third-order valence-electron chi connectivity index (χ3n) is 3.47. The number of nitrogens with zero attached hydrogens (tertiary/aromatic N) is 1. The second kappa shape index (κ2) is 4.42. The number of benzene rings is 2. The standard InChI is InChI=1S/C14H13NO4/c1-18-11-4-2-9-3-5-14-13(12(9)7-11)6-10(8-19-14)15(16)17/h2-5,7,10H,6,8H2,1H3. The third-order valence-corrected chi connectivity index (χ3v) is 3.47. The SMILES string of the molecule is COc1ccc2ccc3c(c2c1)CC([N+](=O)[O-])CO3. The molecule has 98 valence electrons. The van der Waals surface area contributed by atoms with Gasteiger partial charge in [0.1, 0.15) is 11.5 Å². The normalized spacial score (nSPS) is 17.6. The maximum atomic E-state index is 10.9. The van der Waals surface area contributed by atoms with E-state index in [9.17, 15) is 10.1 Å². The van der Waals surface area contributed by atoms with Crippen LogP contribution in [-0.2, 0) is 6.42 Å². The zero-order valence-electron chi connectivity index (χ0n) is 10.5. The van der Waals surface area contributed by atoms with Crippen molar-refractivity contribution in [2.75, 3.05) is 13.7 Å². The van der Waals surface area contributed by atoms with Gasteiger partial charge in [-0.15, -0.1) is 0 Å². The molecule has 2 aromatic carbocycles. The summed E-state index contributed by atoms with van der Waals surface area (Å²) >= 11 is 0. The monoisotopic (exact) mass is 259 g/mol. The van der Waals surface area contributed by atoms with Crippen molar-refractivity contribution in [1.82, 2.24) is 0 Å². The van der Waals surface area contributed by atoms with Crippen molar-refractivity contribution >= 4 is 10.8 Å². The van der Waals surface area contributed by atoms with Crippen LogP contribution in [-0.4, -0.2) is 24.7 Å². The highest BCUT2D eigenvalue weighted by Crippen LogP contribution is 2.34. The fourth-order valence-corrected chi connectivity index (χ4v) is 2.43. The van der Waals surface area contributed by atoms with Gasteiger partial charge >= 0.3 is 0 Å². The van der Waals surface area contributed by atoms with Crippen LogP contribution in [0, 0.1) is 10.1 Å². The van der Waals surface area contributed by atoms with Crippen LogP contribution < -0.4 is 9.47 Å². The van der Waals surface area contributed by atoms with Crippen molar-refractivity contribution in [2.24, 2.45) is 0 Å². The Kier molecular flexibility index (Phi) is 2.74. The number of rotatable bonds is 2. The molecule has 0 fully saturated rings. The van der Waals surface area contributed by atoms with Crippen LogP contribution >= 0.6 is 0 Å². The second-order valence-corrected chi connectivity index (χ2v) is 4.58. The number of methoxy groups -OCH3 is 1. The van der Waals surface area contributed by atoms with Crippen LogP contribution in [0.3, 0.4) is 0 Å². The summed E-state index contributed by atoms with van der Waals surface area (Å²) in [7, 11) is 1.60. The van der Waals surface area contributed by atoms with Gasteiger partial charge in [-0.25, -0.2) is 0 Å². The van der Waals surface area contributed by atoms with Crippen molar-refractivity contribution in [3.63, 3.8) is 0 Å². The Morgan fingerprint density at radius 1 is 1.37 bits per heavy atom. The van der Waals surface area contributed by atoms with Crippen molar-refractivity contribution in [3.8, 4) is 11.5 Å². The average Bonchev–Trinajstić information content (AvgIpc) is 2.45. The Morgan fingerprint density at radius 2 is 2.16 bits per heavy atom. The summed E-state index contributed by atoms with van der Waals surface area (Å²) in [4.78, 5) is 10.6. The molecule has 0 saturated carbocycles. The highest BCUT2D eigenvalue weighted by molar-refractivity contribution is 5.89. The third kappa shape index (κ3) is 1.97. The van der Waals surface area contributed by atoms with Crippen molar-refractivity contribution < 1.29 is 14.4 Å². The number of hydrogen-bond donors (Lipinski definition) is 0. The first-order valence-corrected chi connectivity index (χ1v) is 6.05. The smallest absolute Gasteiger partial charge is 0.250 e. The molecule has 0 spiro atoms. The van der Waals surface area contributed by atoms with Gasteiger partial charge in [0.25, 0.3) is 6.04 Å². The summed E-state index contributed by atoms with van der Waals surface area (Å²) in [6.45, 7) is 0.134. The first kappa shape index (κ1) is 11.8. The lowest BCUT2D eigenvalue weighted by molar-refractivity contribution is -0.525. The molecule has 1 aliphatic rings. The lowest BCUT2D eigenvalue weighted by Crippen LogP contribution is -2.33. The molecule has 0 amide bonds. The van der Waals surface area contributed by atoms with Crippen LogP contribution in [0.2, 0.25) is 0 Å². The molecule has 1 heterocycles. The van der Waals surface area contributed by atoms with Crippen LogP contribution in [0.1, 0.15) is 5.56 Å². The van der Waals surface area contributed by atoms with E-state index in [0.29, 0.717) is 6.42 Å². The zero-order chi connectivity index (χ0) is 13.4. The molecule has 0 aliphatic carbocycles. The average molecular weight is 259 g/mol. The molecule has 3 rings (SSSR count). The molecule has 0 N–H and O–H groups in total. The van der Waals surface area contributed by atoms with E-state index in [2.05, 4.69) is 0 Å². The van der Waals surface area contributed by atoms with Crippen LogP contribution in [0.4, 0.5) is 0 Å². The van der Waals surface area contributed by atoms with Gasteiger partial charge < -0.3 is 9.47 Å². The van der Waals surface area contributed by atoms with E-state index in [4.69, 9.17) is 9.47 Å². The molecule has 1 unspecified atom stereocenters. The minimum Gasteiger partial charge on any atom is -0.497 e. The Balaban J connectivity index is 2.15. The number of nitro groups is 1. The van der Waals surface area contributed by atoms with Crippen LogP contribution in [0.15, 0.2) is 30.3 Å². The highest BCUT2D eigenvalue weighted by atomic mass is 16.6. The van der Waals surface area contributed by atoms with E-state index in [1.807, 2.05) is 30.3 Å². The maximum Gasteiger partial charge on any atom is 0.250 e. The largest absolute Gasteiger partial charge is 0.497 e. The first-order valence-electron chi connectivity index (χ1n) is 6.05. The van der Waals surface area contributed by atoms with E-state index in [0.717, 1.165) is 27.8 Å². The number of fused-ring (bicyclic) bond motifs is 3. The van der Waals surface area contributed by atoms with E-state index in [1.165, 1.54) is 0 Å². The molecule has 0 saturated heterocycles. The molecule has 5 heteroatoms. The quantitative estimate of drug-likeness (QED) is 0.614. The molecule has 2 aromatic rings. The van der Waals surface area contributed by atoms with Gasteiger partial charge in [-0.1, -0.05) is 12.1 Å². The van der Waals surface area contributed by atoms with Gasteiger partial charge in [-0.05, 0) is 29.0 Å². The number of ether oxygens (including phenoxy) is 2. The topological polar surface area (TPSA) is 61.6 Å². The molecule has 1 atom stereocenters. The Labute approximate surface area is 109 Å². The van der Waals surface area contributed by atoms with Crippen LogP contribution in [0.5, 0.6) is 11.5 Å². The molecule has 19 heavy (non-hydrogen) atoms. The molecular weight excluding hydrogens is 246 g/mol. The molecule has 5 nitrogen and oxygen atoms in total. The van der Waals surface area contributed by atoms with Gasteiger partial charge in [-0.2, -0.15) is 0 Å². The Hall–Kier alpha value is -2.30. The zero-order valence-corrected chi connectivity index (χ0v) is 10.5. The summed E-state index contributed by atoms with van der Waals surface area (Å²) in [5.74, 6) is 1.47. The van der Waals surface area contributed by atoms with Gasteiger partial charge in [0.2, 0.25) is 0 Å². The van der Waals surface area contributed by atoms with Gasteiger partial charge in [-0.3, -0.25) is 10.1 Å². The maximum absolute atomic E-state index is 10.9. The predicted octanol–water partition coefficient (Wildman–Crippen LogP) is 2.43. The fourth-order valence-electron chi connectivity index (χ4n) is 2.43. The van der Waals surface area contributed by atoms with E-state index in [-0.39, 0.29) is 11.5 Å². The molecule has 0 radical (unpaired) electrons. The Morgan fingerprint density at radius 3 is 2.89 bits per heavy atom. The van der Waals surface area contributed by atoms with Gasteiger partial charge in [0.05, 0.1) is 7.11 Å². The minimum absolute atomic E-state index is 0.134. The molecule has 1 aliphatic heterocycles. The molecule has 0 aromatic heterocycles. The van der Waals surface area contributed by atoms with Gasteiger partial charge in [0, 0.05) is 16.9 Å². The summed E-state index contributed by atoms with van der Waals surface area (Å²) < 4.78 is 10.7. The van der Waals surface area contributed by atoms with Crippen LogP contribution in [0.25, 0.3) is 10.8 Å². The molecular formula is C14H13NO4. The minimum atomic E-state index is -0.677. The summed E-state index contributed by atoms with van der Waals surface area (Å²) in [6, 6.07) is 8.89. The van der Waals surface area contributed by atoms with E-state index < -0.39 is 6.04 Å². The lowest BCUT2D eigenvalue weighted by Gasteiger charge is -2.21. The highest BCUT2D eigenvalue weighted by Gasteiger charge is 2.29. The van der Waals surface area contributed by atoms with Crippen molar-refractivity contribution in [3.05, 3.63) is 46.0 Å². The molecule has 0 bridgehead atoms. The number of hydrogen-bond acceptors (Lipinski definition) is 4. The van der Waals surface area contributed by atoms with E-state index >= 15 is 0 Å². The van der Waals surface area contributed by atoms with Crippen molar-refractivity contribution in [1.29, 1.82) is 0 Å². The lowest BCUT2D eigenvalue weighted by atomic mass is 9.96. The first-order chi connectivity index (χ1) is 9.19. The van der Waals surface area contributed by atoms with E-state index in [1.54, 1.807) is 7.11 Å². The van der Waals surface area contributed by atoms with Crippen molar-refractivity contribution in [2.45, 2.75) is 12.5 Å². The summed E-state index contributed by atoms with van der Waals surface area (Å²) in [6.07, 6.45) is 0.396. The fraction of sp³-hybridized carbons (Fsp3) is 0.286. The Bertz CT molecular complexity index is 648. The predicted molar refractivity (Wildman–Crippen MR) is 70.5 cm³/mol.